The molecule has 0 atom stereocenters. The van der Waals surface area contributed by atoms with Crippen LogP contribution in [0, 0.1) is 13.8 Å². The molecule has 0 bridgehead atoms. The van der Waals surface area contributed by atoms with E-state index in [4.69, 9.17) is 0 Å². The molecule has 2 radical (unpaired) electrons. The van der Waals surface area contributed by atoms with E-state index in [9.17, 15) is 9.59 Å². The Hall–Kier alpha value is -1.09. The molecule has 0 unspecified atom stereocenters. The first kappa shape index (κ1) is 24.9. The van der Waals surface area contributed by atoms with Gasteiger partial charge in [0.1, 0.15) is 0 Å². The van der Waals surface area contributed by atoms with Crippen LogP contribution in [0.3, 0.4) is 0 Å². The number of fused-ring (bicyclic) bond motifs is 2. The van der Waals surface area contributed by atoms with E-state index < -0.39 is 0 Å². The third-order valence-corrected chi connectivity index (χ3v) is 3.57. The van der Waals surface area contributed by atoms with Gasteiger partial charge in [0.15, 0.2) is 0 Å². The summed E-state index contributed by atoms with van der Waals surface area (Å²) in [5, 5.41) is 0. The smallest absolute Gasteiger partial charge is 0.259 e. The molecule has 0 aliphatic heterocycles. The van der Waals surface area contributed by atoms with E-state index in [1.165, 1.54) is 0 Å². The van der Waals surface area contributed by atoms with Crippen molar-refractivity contribution in [2.24, 2.45) is 0 Å². The molecule has 4 aromatic rings. The van der Waals surface area contributed by atoms with Gasteiger partial charge in [-0.25, -0.2) is 0 Å². The van der Waals surface area contributed by atoms with Crippen LogP contribution in [0.4, 0.5) is 0 Å². The summed E-state index contributed by atoms with van der Waals surface area (Å²) in [6, 6.07) is 0. The molecule has 12 heteroatoms. The van der Waals surface area contributed by atoms with Crippen molar-refractivity contribution in [2.45, 2.75) is 40.5 Å². The molecular formula is C16H18N8O2Y2-2. The minimum atomic E-state index is -0.213. The molecule has 0 saturated carbocycles. The zero-order valence-electron chi connectivity index (χ0n) is 16.1. The van der Waals surface area contributed by atoms with E-state index in [0.29, 0.717) is 45.6 Å². The van der Waals surface area contributed by atoms with Crippen molar-refractivity contribution in [1.82, 2.24) is 39.9 Å². The Morgan fingerprint density at radius 3 is 1.39 bits per heavy atom. The van der Waals surface area contributed by atoms with Crippen LogP contribution in [0.5, 0.6) is 0 Å². The number of aryl methyl sites for hydroxylation is 4. The van der Waals surface area contributed by atoms with Gasteiger partial charge in [0.05, 0.1) is 11.0 Å². The van der Waals surface area contributed by atoms with Crippen LogP contribution in [0.1, 0.15) is 37.1 Å². The zero-order chi connectivity index (χ0) is 18.8. The van der Waals surface area contributed by atoms with Gasteiger partial charge in [0, 0.05) is 88.4 Å². The first-order chi connectivity index (χ1) is 12.4. The third-order valence-electron chi connectivity index (χ3n) is 3.57. The molecule has 4 aromatic heterocycles. The number of nitrogens with zero attached hydrogens (tertiary/aromatic N) is 6. The maximum absolute atomic E-state index is 11.3. The molecule has 10 nitrogen and oxygen atoms in total. The average Bonchev–Trinajstić information content (AvgIpc) is 3.19. The minimum Gasteiger partial charge on any atom is -0.362 e. The Kier molecular flexibility index (Phi) is 9.46. The van der Waals surface area contributed by atoms with Gasteiger partial charge in [-0.2, -0.15) is 0 Å². The molecule has 0 saturated heterocycles. The van der Waals surface area contributed by atoms with Crippen LogP contribution in [-0.2, 0) is 78.3 Å². The van der Waals surface area contributed by atoms with Gasteiger partial charge in [-0.05, 0) is 38.3 Å². The van der Waals surface area contributed by atoms with Crippen molar-refractivity contribution < 1.29 is 65.4 Å². The normalized spacial score (nSPS) is 10.1. The van der Waals surface area contributed by atoms with Crippen molar-refractivity contribution in [3.63, 3.8) is 0 Å². The van der Waals surface area contributed by atoms with E-state index in [-0.39, 0.29) is 76.5 Å². The first-order valence-electron chi connectivity index (χ1n) is 8.21. The predicted octanol–water partition coefficient (Wildman–Crippen LogP) is 0.287. The summed E-state index contributed by atoms with van der Waals surface area (Å²) in [5.41, 5.74) is 1.13. The molecule has 28 heavy (non-hydrogen) atoms. The van der Waals surface area contributed by atoms with E-state index in [0.717, 1.165) is 12.8 Å². The standard InChI is InChI=1S/2C8H10N4O.2Y/c2*1-3-5-11-6-7(12-5)9-4(2)10-8(6)13;;/h2*3H2,1-2H3,(H2,9,10,11,12,13);;/p-2. The van der Waals surface area contributed by atoms with Gasteiger partial charge >= 0.3 is 0 Å². The summed E-state index contributed by atoms with van der Waals surface area (Å²) >= 11 is 0. The number of rotatable bonds is 2. The maximum atomic E-state index is 11.3. The number of aromatic nitrogens is 8. The predicted molar refractivity (Wildman–Crippen MR) is 95.2 cm³/mol. The molecule has 0 aliphatic carbocycles. The number of H-pyrrole nitrogens is 2. The van der Waals surface area contributed by atoms with Crippen LogP contribution >= 0.6 is 0 Å². The Balaban J connectivity index is 0.000000261. The van der Waals surface area contributed by atoms with Crippen LogP contribution < -0.4 is 21.1 Å². The molecule has 0 fully saturated rings. The van der Waals surface area contributed by atoms with Gasteiger partial charge < -0.3 is 39.9 Å². The van der Waals surface area contributed by atoms with Crippen LogP contribution in [0.15, 0.2) is 9.59 Å². The maximum Gasteiger partial charge on any atom is 0.259 e. The van der Waals surface area contributed by atoms with E-state index in [1.807, 2.05) is 13.8 Å². The molecule has 0 spiro atoms. The number of aromatic amines is 2. The Morgan fingerprint density at radius 1 is 0.714 bits per heavy atom. The Labute approximate surface area is 210 Å². The second-order valence-electron chi connectivity index (χ2n) is 5.63. The monoisotopic (exact) mass is 532 g/mol. The summed E-state index contributed by atoms with van der Waals surface area (Å²) in [7, 11) is 0. The van der Waals surface area contributed by atoms with Crippen molar-refractivity contribution in [3.05, 3.63) is 44.0 Å². The van der Waals surface area contributed by atoms with E-state index >= 15 is 0 Å². The molecule has 0 aromatic carbocycles. The summed E-state index contributed by atoms with van der Waals surface area (Å²) in [4.78, 5) is 52.3. The molecular weight excluding hydrogens is 514 g/mol. The first-order valence-corrected chi connectivity index (χ1v) is 8.21. The largest absolute Gasteiger partial charge is 0.362 e. The number of imidazole rings is 2. The van der Waals surface area contributed by atoms with E-state index in [1.54, 1.807) is 13.8 Å². The quantitative estimate of drug-likeness (QED) is 0.375. The molecule has 4 heterocycles. The SMILES string of the molecule is CCc1nc2c(=O)[nH]c(C)nc2[n-]1.CCc1nc2c(=O)[nH]c(C)nc2[n-]1.[Y].[Y]. The van der Waals surface area contributed by atoms with Crippen molar-refractivity contribution in [1.29, 1.82) is 0 Å². The fourth-order valence-electron chi connectivity index (χ4n) is 2.36. The van der Waals surface area contributed by atoms with Crippen LogP contribution in [-0.4, -0.2) is 29.9 Å². The van der Waals surface area contributed by atoms with Crippen molar-refractivity contribution in [2.75, 3.05) is 0 Å². The Bertz CT molecular complexity index is 1100. The third kappa shape index (κ3) is 5.49. The van der Waals surface area contributed by atoms with Gasteiger partial charge in [0.25, 0.3) is 11.1 Å². The topological polar surface area (TPSA) is 145 Å². The number of hydrogen-bond acceptors (Lipinski definition) is 6. The van der Waals surface area contributed by atoms with E-state index in [2.05, 4.69) is 39.9 Å². The summed E-state index contributed by atoms with van der Waals surface area (Å²) < 4.78 is 0. The van der Waals surface area contributed by atoms with Crippen LogP contribution in [0.2, 0.25) is 0 Å². The molecule has 0 aliphatic rings. The van der Waals surface area contributed by atoms with Gasteiger partial charge in [-0.1, -0.05) is 13.8 Å². The van der Waals surface area contributed by atoms with Gasteiger partial charge in [-0.15, -0.1) is 0 Å². The molecule has 142 valence electrons. The number of hydrogen-bond donors (Lipinski definition) is 2. The van der Waals surface area contributed by atoms with Crippen LogP contribution in [0.25, 0.3) is 22.3 Å². The fraction of sp³-hybridized carbons (Fsp3) is 0.375. The summed E-state index contributed by atoms with van der Waals surface area (Å²) in [6.07, 6.45) is 1.43. The minimum absolute atomic E-state index is 0. The molecule has 0 amide bonds. The summed E-state index contributed by atoms with van der Waals surface area (Å²) in [5.74, 6) is 2.47. The molecule has 2 N–H and O–H groups in total. The summed E-state index contributed by atoms with van der Waals surface area (Å²) in [6.45, 7) is 7.33. The van der Waals surface area contributed by atoms with Gasteiger partial charge in [-0.3, -0.25) is 9.59 Å². The van der Waals surface area contributed by atoms with Gasteiger partial charge in [0.2, 0.25) is 0 Å². The zero-order valence-corrected chi connectivity index (χ0v) is 21.7. The fourth-order valence-corrected chi connectivity index (χ4v) is 2.36. The second-order valence-corrected chi connectivity index (χ2v) is 5.63. The average molecular weight is 532 g/mol. The van der Waals surface area contributed by atoms with Crippen molar-refractivity contribution in [3.8, 4) is 0 Å². The number of nitrogens with one attached hydrogen (secondary N) is 2. The Morgan fingerprint density at radius 2 is 1.07 bits per heavy atom. The molecule has 4 rings (SSSR count). The van der Waals surface area contributed by atoms with Crippen molar-refractivity contribution >= 4 is 22.3 Å². The second kappa shape index (κ2) is 10.6.